The van der Waals surface area contributed by atoms with Crippen molar-refractivity contribution in [1.82, 2.24) is 15.0 Å². The number of benzene rings is 2. The van der Waals surface area contributed by atoms with Crippen LogP contribution in [0.3, 0.4) is 0 Å². The van der Waals surface area contributed by atoms with Crippen molar-refractivity contribution < 1.29 is 30.0 Å². The Bertz CT molecular complexity index is 2120. The van der Waals surface area contributed by atoms with Crippen molar-refractivity contribution >= 4 is 44.9 Å². The van der Waals surface area contributed by atoms with Crippen LogP contribution in [0.4, 0.5) is 4.39 Å². The van der Waals surface area contributed by atoms with E-state index in [4.69, 9.17) is 5.48 Å². The third kappa shape index (κ3) is 8.24. The maximum absolute atomic E-state index is 14.3. The van der Waals surface area contributed by atoms with E-state index in [0.717, 1.165) is 37.9 Å². The Hall–Kier alpha value is -3.09. The SMILES string of the molecule is [2H]C(C)(C)c1cc(-c2[c-]cccc2)ncc1[Si](C)(C)C.[2H]C([2H])([2H])c1ccc2c(n1)sc1c(-c3cc(CC(C)(C)C)c(F)cn3)[c-]ccc12.[Ir]. The Morgan fingerprint density at radius 1 is 0.957 bits per heavy atom. The molecule has 0 amide bonds. The second kappa shape index (κ2) is 14.3. The van der Waals surface area contributed by atoms with Crippen LogP contribution in [0.25, 0.3) is 42.8 Å². The predicted octanol–water partition coefficient (Wildman–Crippen LogP) is 10.6. The van der Waals surface area contributed by atoms with Crippen LogP contribution in [-0.2, 0) is 26.5 Å². The Morgan fingerprint density at radius 2 is 1.72 bits per heavy atom. The first-order valence-electron chi connectivity index (χ1n) is 17.1. The minimum atomic E-state index is -2.25. The van der Waals surface area contributed by atoms with Crippen molar-refractivity contribution in [2.75, 3.05) is 0 Å². The van der Waals surface area contributed by atoms with E-state index < -0.39 is 20.8 Å². The van der Waals surface area contributed by atoms with Crippen LogP contribution < -0.4 is 5.19 Å². The zero-order valence-corrected chi connectivity index (χ0v) is 31.8. The Kier molecular flexibility index (Phi) is 9.44. The quantitative estimate of drug-likeness (QED) is 0.128. The van der Waals surface area contributed by atoms with Gasteiger partial charge in [-0.2, -0.15) is 11.3 Å². The largest absolute Gasteiger partial charge is 0.305 e. The summed E-state index contributed by atoms with van der Waals surface area (Å²) in [5.41, 5.74) is 5.06. The molecule has 6 aromatic rings. The molecule has 2 aromatic carbocycles. The predicted molar refractivity (Wildman–Crippen MR) is 193 cm³/mol. The van der Waals surface area contributed by atoms with Crippen molar-refractivity contribution in [2.45, 2.75) is 73.4 Å². The molecule has 0 fully saturated rings. The average molecular weight is 828 g/mol. The molecule has 0 atom stereocenters. The van der Waals surface area contributed by atoms with E-state index in [2.05, 4.69) is 73.6 Å². The number of hydrogen-bond acceptors (Lipinski definition) is 4. The number of aryl methyl sites for hydroxylation is 1. The van der Waals surface area contributed by atoms with Crippen LogP contribution in [0.15, 0.2) is 73.1 Å². The molecule has 0 aliphatic carbocycles. The number of nitrogens with zero attached hydrogens (tertiary/aromatic N) is 3. The maximum atomic E-state index is 14.3. The summed E-state index contributed by atoms with van der Waals surface area (Å²) in [6.07, 6.45) is 3.84. The molecule has 0 spiro atoms. The van der Waals surface area contributed by atoms with E-state index in [-0.39, 0.29) is 37.0 Å². The van der Waals surface area contributed by atoms with Gasteiger partial charge in [-0.15, -0.1) is 59.7 Å². The fourth-order valence-corrected chi connectivity index (χ4v) is 8.06. The second-order valence-corrected chi connectivity index (χ2v) is 19.8. The van der Waals surface area contributed by atoms with Gasteiger partial charge in [0.1, 0.15) is 10.6 Å². The van der Waals surface area contributed by atoms with Gasteiger partial charge in [-0.05, 0) is 62.9 Å². The molecule has 0 saturated carbocycles. The van der Waals surface area contributed by atoms with Gasteiger partial charge in [-0.25, -0.2) is 9.37 Å². The Balaban J connectivity index is 0.000000236. The van der Waals surface area contributed by atoms with Gasteiger partial charge in [0, 0.05) is 37.5 Å². The Labute approximate surface area is 297 Å². The van der Waals surface area contributed by atoms with Crippen LogP contribution in [0.5, 0.6) is 0 Å². The Morgan fingerprint density at radius 3 is 2.37 bits per heavy atom. The zero-order valence-electron chi connectivity index (χ0n) is 31.6. The standard InChI is InChI=1S/C22H20FN2S.C17H22NSi.Ir/c1-13-8-9-16-15-6-5-7-17(20(15)26-21(16)25-13)19-10-14(11-22(2,3)4)18(23)12-24-19;1-13(2)15-11-16(14-9-7-6-8-10-14)18-12-17(15)19(3,4)5;/h5-6,8-10,12H,11H2,1-4H3;6-9,11-13H,1-5H3;/q2*-1;/i1D3;13D;. The van der Waals surface area contributed by atoms with Gasteiger partial charge >= 0.3 is 0 Å². The molecule has 1 radical (unpaired) electrons. The molecular formula is C39H42FIrN3SSi-2. The van der Waals surface area contributed by atoms with Gasteiger partial charge in [0.15, 0.2) is 0 Å². The summed E-state index contributed by atoms with van der Waals surface area (Å²) in [5.74, 6) is -0.918. The molecular weight excluding hydrogens is 782 g/mol. The molecule has 4 heterocycles. The minimum Gasteiger partial charge on any atom is -0.305 e. The average Bonchev–Trinajstić information content (AvgIpc) is 3.39. The number of rotatable bonds is 5. The first-order valence-corrected chi connectivity index (χ1v) is 19.4. The van der Waals surface area contributed by atoms with Crippen LogP contribution in [0.2, 0.25) is 19.6 Å². The van der Waals surface area contributed by atoms with Crippen LogP contribution >= 0.6 is 11.3 Å². The summed E-state index contributed by atoms with van der Waals surface area (Å²) < 4.78 is 46.5. The molecule has 0 unspecified atom stereocenters. The number of hydrogen-bond donors (Lipinski definition) is 0. The fourth-order valence-electron chi connectivity index (χ4n) is 5.30. The number of aromatic nitrogens is 3. The van der Waals surface area contributed by atoms with Crippen LogP contribution in [0, 0.1) is 30.2 Å². The normalized spacial score (nSPS) is 13.6. The fraction of sp³-hybridized carbons (Fsp3) is 0.308. The molecule has 0 aliphatic heterocycles. The maximum Gasteiger partial charge on any atom is 0.142 e. The molecule has 4 aromatic heterocycles. The topological polar surface area (TPSA) is 38.7 Å². The van der Waals surface area contributed by atoms with Crippen LogP contribution in [0.1, 0.15) is 62.8 Å². The number of pyridine rings is 3. The number of thiophene rings is 1. The first kappa shape index (κ1) is 30.3. The van der Waals surface area contributed by atoms with Crippen LogP contribution in [-0.4, -0.2) is 23.0 Å². The van der Waals surface area contributed by atoms with Gasteiger partial charge in [-0.3, -0.25) is 0 Å². The van der Waals surface area contributed by atoms with Gasteiger partial charge in [0.05, 0.1) is 14.3 Å². The molecule has 46 heavy (non-hydrogen) atoms. The molecule has 0 aliphatic rings. The zero-order chi connectivity index (χ0) is 35.9. The van der Waals surface area contributed by atoms with E-state index in [9.17, 15) is 4.39 Å². The molecule has 6 rings (SSSR count). The van der Waals surface area contributed by atoms with E-state index in [1.54, 1.807) is 18.2 Å². The minimum absolute atomic E-state index is 0. The van der Waals surface area contributed by atoms with Crippen molar-refractivity contribution in [3.05, 3.63) is 108 Å². The number of halogens is 1. The number of fused-ring (bicyclic) bond motifs is 3. The second-order valence-electron chi connectivity index (χ2n) is 13.8. The van der Waals surface area contributed by atoms with E-state index in [1.807, 2.05) is 56.4 Å². The smallest absolute Gasteiger partial charge is 0.142 e. The summed E-state index contributed by atoms with van der Waals surface area (Å²) in [4.78, 5) is 13.9. The van der Waals surface area contributed by atoms with Crippen molar-refractivity contribution in [1.29, 1.82) is 0 Å². The first-order chi connectivity index (χ1) is 22.7. The van der Waals surface area contributed by atoms with E-state index in [1.165, 1.54) is 22.7 Å². The molecule has 0 saturated heterocycles. The van der Waals surface area contributed by atoms with Gasteiger partial charge in [0.25, 0.3) is 0 Å². The summed E-state index contributed by atoms with van der Waals surface area (Å²) in [6, 6.07) is 25.3. The van der Waals surface area contributed by atoms with Gasteiger partial charge in [0.2, 0.25) is 0 Å². The van der Waals surface area contributed by atoms with E-state index in [0.29, 0.717) is 22.5 Å². The summed E-state index contributed by atoms with van der Waals surface area (Å²) in [6.45, 7) is 14.8. The summed E-state index contributed by atoms with van der Waals surface area (Å²) >= 11 is 1.41. The monoisotopic (exact) mass is 828 g/mol. The van der Waals surface area contributed by atoms with Crippen molar-refractivity contribution in [3.63, 3.8) is 0 Å². The van der Waals surface area contributed by atoms with Crippen molar-refractivity contribution in [3.8, 4) is 22.5 Å². The van der Waals surface area contributed by atoms with Gasteiger partial charge in [-0.1, -0.05) is 83.4 Å². The molecule has 3 nitrogen and oxygen atoms in total. The molecule has 241 valence electrons. The van der Waals surface area contributed by atoms with Crippen molar-refractivity contribution in [2.24, 2.45) is 5.41 Å². The van der Waals surface area contributed by atoms with E-state index >= 15 is 0 Å². The third-order valence-corrected chi connectivity index (χ3v) is 10.6. The molecule has 0 N–H and O–H groups in total. The van der Waals surface area contributed by atoms with Gasteiger partial charge < -0.3 is 9.97 Å². The third-order valence-electron chi connectivity index (χ3n) is 7.45. The molecule has 7 heteroatoms. The summed E-state index contributed by atoms with van der Waals surface area (Å²) in [5, 5.41) is 3.13. The summed E-state index contributed by atoms with van der Waals surface area (Å²) in [7, 11) is -1.50. The molecule has 0 bridgehead atoms.